The molecule has 13 heteroatoms. The SMILES string of the molecule is N=C(N=CN)c1[nH]c(CC(C=Nc2ccccc2F)=CN)c(Br)c1-c1cnc(C(F)(F)F)nc1. The molecule has 34 heavy (non-hydrogen) atoms. The van der Waals surface area contributed by atoms with E-state index in [0.29, 0.717) is 21.3 Å². The zero-order valence-electron chi connectivity index (χ0n) is 17.2. The molecule has 0 fully saturated rings. The molecule has 6 N–H and O–H groups in total. The maximum absolute atomic E-state index is 13.8. The average Bonchev–Trinajstić information content (AvgIpc) is 3.13. The van der Waals surface area contributed by atoms with Gasteiger partial charge in [-0.15, -0.1) is 0 Å². The summed E-state index contributed by atoms with van der Waals surface area (Å²) in [5, 5.41) is 8.16. The monoisotopic (exact) mass is 536 g/mol. The highest BCUT2D eigenvalue weighted by Crippen LogP contribution is 2.36. The van der Waals surface area contributed by atoms with Crippen molar-refractivity contribution in [3.63, 3.8) is 0 Å². The summed E-state index contributed by atoms with van der Waals surface area (Å²) in [5.41, 5.74) is 12.8. The topological polar surface area (TPSA) is 142 Å². The molecule has 0 bridgehead atoms. The molecule has 2 heterocycles. The molecule has 0 spiro atoms. The van der Waals surface area contributed by atoms with Gasteiger partial charge in [-0.05, 0) is 39.8 Å². The second kappa shape index (κ2) is 10.4. The van der Waals surface area contributed by atoms with E-state index < -0.39 is 17.8 Å². The molecule has 0 unspecified atom stereocenters. The molecular weight excluding hydrogens is 520 g/mol. The van der Waals surface area contributed by atoms with Crippen LogP contribution in [0.4, 0.5) is 23.2 Å². The van der Waals surface area contributed by atoms with Crippen LogP contribution in [0.1, 0.15) is 17.2 Å². The fourth-order valence-electron chi connectivity index (χ4n) is 2.90. The number of amidine groups is 1. The Balaban J connectivity index is 2.00. The number of aromatic nitrogens is 3. The Morgan fingerprint density at radius 2 is 1.85 bits per heavy atom. The van der Waals surface area contributed by atoms with Gasteiger partial charge in [0.25, 0.3) is 0 Å². The first-order chi connectivity index (χ1) is 16.2. The molecule has 2 aromatic heterocycles. The third-order valence-corrected chi connectivity index (χ3v) is 5.34. The summed E-state index contributed by atoms with van der Waals surface area (Å²) in [6, 6.07) is 5.94. The third-order valence-electron chi connectivity index (χ3n) is 4.46. The Morgan fingerprint density at radius 1 is 1.18 bits per heavy atom. The van der Waals surface area contributed by atoms with Crippen LogP contribution >= 0.6 is 15.9 Å². The lowest BCUT2D eigenvalue weighted by atomic mass is 10.1. The molecule has 0 saturated heterocycles. The lowest BCUT2D eigenvalue weighted by Gasteiger charge is -2.07. The standard InChI is InChI=1S/C21H17BrF4N8/c22-17-15(5-11(6-27)7-30-14-4-2-1-3-13(14)23)34-18(19(29)33-10-28)16(17)12-8-31-20(32-9-12)21(24,25)26/h1-4,6-10,34H,5,27H2,(H3,28,29,33). The van der Waals surface area contributed by atoms with Crippen LogP contribution in [-0.2, 0) is 12.6 Å². The number of para-hydroxylation sites is 1. The number of alkyl halides is 3. The molecule has 8 nitrogen and oxygen atoms in total. The maximum Gasteiger partial charge on any atom is 0.451 e. The van der Waals surface area contributed by atoms with Gasteiger partial charge in [0.15, 0.2) is 5.84 Å². The van der Waals surface area contributed by atoms with Crippen molar-refractivity contribution in [3.05, 3.63) is 75.9 Å². The van der Waals surface area contributed by atoms with Gasteiger partial charge in [-0.25, -0.2) is 19.4 Å². The summed E-state index contributed by atoms with van der Waals surface area (Å²) in [6.07, 6.45) is 1.03. The van der Waals surface area contributed by atoms with Crippen LogP contribution in [0.2, 0.25) is 0 Å². The van der Waals surface area contributed by atoms with Gasteiger partial charge in [-0.2, -0.15) is 13.2 Å². The van der Waals surface area contributed by atoms with E-state index in [1.54, 1.807) is 6.07 Å². The van der Waals surface area contributed by atoms with Crippen molar-refractivity contribution in [1.29, 1.82) is 5.41 Å². The molecule has 1 aromatic carbocycles. The highest BCUT2D eigenvalue weighted by atomic mass is 79.9. The highest BCUT2D eigenvalue weighted by molar-refractivity contribution is 9.10. The van der Waals surface area contributed by atoms with Crippen molar-refractivity contribution in [3.8, 4) is 11.1 Å². The molecule has 3 aromatic rings. The summed E-state index contributed by atoms with van der Waals surface area (Å²) < 4.78 is 52.8. The van der Waals surface area contributed by atoms with Crippen molar-refractivity contribution in [1.82, 2.24) is 15.0 Å². The van der Waals surface area contributed by atoms with Gasteiger partial charge in [0.2, 0.25) is 5.82 Å². The number of nitrogens with one attached hydrogen (secondary N) is 2. The highest BCUT2D eigenvalue weighted by Gasteiger charge is 2.34. The fourth-order valence-corrected chi connectivity index (χ4v) is 3.57. The Labute approximate surface area is 199 Å². The second-order valence-corrected chi connectivity index (χ2v) is 7.51. The number of hydrogen-bond acceptors (Lipinski definition) is 5. The minimum atomic E-state index is -4.70. The number of halogens is 5. The molecule has 176 valence electrons. The van der Waals surface area contributed by atoms with Gasteiger partial charge in [-0.3, -0.25) is 10.4 Å². The van der Waals surface area contributed by atoms with E-state index in [-0.39, 0.29) is 29.2 Å². The molecule has 0 amide bonds. The van der Waals surface area contributed by atoms with Crippen LogP contribution in [-0.4, -0.2) is 33.3 Å². The maximum atomic E-state index is 13.8. The first-order valence-electron chi connectivity index (χ1n) is 9.48. The van der Waals surface area contributed by atoms with Crippen LogP contribution in [0.3, 0.4) is 0 Å². The Morgan fingerprint density at radius 3 is 2.44 bits per heavy atom. The summed E-state index contributed by atoms with van der Waals surface area (Å²) >= 11 is 3.42. The minimum Gasteiger partial charge on any atom is -0.404 e. The van der Waals surface area contributed by atoms with Crippen molar-refractivity contribution in [2.45, 2.75) is 12.6 Å². The number of allylic oxidation sites excluding steroid dienone is 1. The second-order valence-electron chi connectivity index (χ2n) is 6.72. The predicted molar refractivity (Wildman–Crippen MR) is 125 cm³/mol. The van der Waals surface area contributed by atoms with E-state index in [4.69, 9.17) is 16.9 Å². The Kier molecular flexibility index (Phi) is 7.56. The van der Waals surface area contributed by atoms with Gasteiger partial charge < -0.3 is 16.5 Å². The lowest BCUT2D eigenvalue weighted by Crippen LogP contribution is -2.10. The quantitative estimate of drug-likeness (QED) is 0.209. The lowest BCUT2D eigenvalue weighted by molar-refractivity contribution is -0.144. The minimum absolute atomic E-state index is 0.120. The normalized spacial score (nSPS) is 12.7. The van der Waals surface area contributed by atoms with Gasteiger partial charge in [-0.1, -0.05) is 12.1 Å². The molecule has 0 aliphatic heterocycles. The van der Waals surface area contributed by atoms with Crippen molar-refractivity contribution in [2.24, 2.45) is 21.5 Å². The van der Waals surface area contributed by atoms with E-state index in [1.165, 1.54) is 30.6 Å². The largest absolute Gasteiger partial charge is 0.451 e. The molecule has 0 radical (unpaired) electrons. The number of H-pyrrole nitrogens is 1. The van der Waals surface area contributed by atoms with Crippen LogP contribution in [0.15, 0.2) is 62.9 Å². The van der Waals surface area contributed by atoms with Crippen LogP contribution < -0.4 is 11.5 Å². The van der Waals surface area contributed by atoms with Crippen molar-refractivity contribution < 1.29 is 17.6 Å². The molecule has 3 rings (SSSR count). The van der Waals surface area contributed by atoms with Crippen LogP contribution in [0, 0.1) is 11.2 Å². The smallest absolute Gasteiger partial charge is 0.404 e. The van der Waals surface area contributed by atoms with E-state index in [1.807, 2.05) is 0 Å². The number of aromatic amines is 1. The Hall–Kier alpha value is -3.87. The summed E-state index contributed by atoms with van der Waals surface area (Å²) in [4.78, 5) is 17.6. The van der Waals surface area contributed by atoms with Gasteiger partial charge in [0.1, 0.15) is 5.82 Å². The van der Waals surface area contributed by atoms with Crippen molar-refractivity contribution >= 4 is 40.0 Å². The average molecular weight is 537 g/mol. The summed E-state index contributed by atoms with van der Waals surface area (Å²) in [6.45, 7) is 0. The number of aliphatic imine (C=N–C) groups is 2. The first-order valence-corrected chi connectivity index (χ1v) is 10.3. The van der Waals surface area contributed by atoms with E-state index in [0.717, 1.165) is 18.7 Å². The fraction of sp³-hybridized carbons (Fsp3) is 0.0952. The zero-order chi connectivity index (χ0) is 24.9. The third kappa shape index (κ3) is 5.54. The number of hydrogen-bond donors (Lipinski definition) is 4. The summed E-state index contributed by atoms with van der Waals surface area (Å²) in [5.74, 6) is -2.07. The van der Waals surface area contributed by atoms with Crippen molar-refractivity contribution in [2.75, 3.05) is 0 Å². The van der Waals surface area contributed by atoms with Crippen LogP contribution in [0.5, 0.6) is 0 Å². The van der Waals surface area contributed by atoms with E-state index in [9.17, 15) is 17.6 Å². The van der Waals surface area contributed by atoms with Gasteiger partial charge >= 0.3 is 6.18 Å². The number of nitrogens with two attached hydrogens (primary N) is 2. The number of rotatable bonds is 6. The van der Waals surface area contributed by atoms with Gasteiger partial charge in [0, 0.05) is 46.3 Å². The molecule has 0 aliphatic rings. The van der Waals surface area contributed by atoms with Gasteiger partial charge in [0.05, 0.1) is 17.7 Å². The Bertz CT molecular complexity index is 1280. The molecule has 0 saturated carbocycles. The molecule has 0 atom stereocenters. The van der Waals surface area contributed by atoms with Crippen LogP contribution in [0.25, 0.3) is 11.1 Å². The van der Waals surface area contributed by atoms with E-state index >= 15 is 0 Å². The van der Waals surface area contributed by atoms with E-state index in [2.05, 4.69) is 40.9 Å². The molecule has 0 aliphatic carbocycles. The predicted octanol–water partition coefficient (Wildman–Crippen LogP) is 4.49. The number of benzene rings is 1. The molecular formula is C21H17BrF4N8. The first kappa shape index (κ1) is 24.8. The zero-order valence-corrected chi connectivity index (χ0v) is 18.8. The number of nitrogens with zero attached hydrogens (tertiary/aromatic N) is 4. The summed E-state index contributed by atoms with van der Waals surface area (Å²) in [7, 11) is 0.